The van der Waals surface area contributed by atoms with Gasteiger partial charge in [0.05, 0.1) is 0 Å². The minimum absolute atomic E-state index is 0.238. The van der Waals surface area contributed by atoms with Gasteiger partial charge in [-0.2, -0.15) is 0 Å². The van der Waals surface area contributed by atoms with Crippen molar-refractivity contribution in [2.45, 2.75) is 13.8 Å². The normalized spacial score (nSPS) is 10.6. The quantitative estimate of drug-likeness (QED) is 0.693. The van der Waals surface area contributed by atoms with Gasteiger partial charge in [-0.25, -0.2) is 0 Å². The molecule has 0 amide bonds. The summed E-state index contributed by atoms with van der Waals surface area (Å²) in [6, 6.07) is 18.6. The first-order valence-electron chi connectivity index (χ1n) is 7.26. The third kappa shape index (κ3) is 2.33. The monoisotopic (exact) mass is 290 g/mol. The second-order valence-corrected chi connectivity index (χ2v) is 5.46. The maximum absolute atomic E-state index is 10.3. The first-order chi connectivity index (χ1) is 10.6. The van der Waals surface area contributed by atoms with Crippen LogP contribution in [-0.2, 0) is 0 Å². The Kier molecular flexibility index (Phi) is 3.60. The summed E-state index contributed by atoms with van der Waals surface area (Å²) >= 11 is 0. The molecule has 3 aromatic rings. The first-order valence-corrected chi connectivity index (χ1v) is 7.26. The number of hydrogen-bond acceptors (Lipinski definition) is 2. The Morgan fingerprint density at radius 2 is 1.14 bits per heavy atom. The van der Waals surface area contributed by atoms with Crippen LogP contribution in [0.3, 0.4) is 0 Å². The molecule has 2 heteroatoms. The van der Waals surface area contributed by atoms with Crippen molar-refractivity contribution in [3.8, 4) is 33.8 Å². The average molecular weight is 290 g/mol. The Morgan fingerprint density at radius 1 is 0.591 bits per heavy atom. The van der Waals surface area contributed by atoms with Gasteiger partial charge in [0.2, 0.25) is 0 Å². The molecule has 0 fully saturated rings. The average Bonchev–Trinajstić information content (AvgIpc) is 2.52. The van der Waals surface area contributed by atoms with Crippen molar-refractivity contribution in [3.05, 3.63) is 71.8 Å². The Bertz CT molecular complexity index is 835. The largest absolute Gasteiger partial charge is 0.507 e. The van der Waals surface area contributed by atoms with Gasteiger partial charge in [0.1, 0.15) is 11.5 Å². The van der Waals surface area contributed by atoms with Gasteiger partial charge in [0.15, 0.2) is 0 Å². The molecule has 0 saturated heterocycles. The summed E-state index contributed by atoms with van der Waals surface area (Å²) in [5.41, 5.74) is 5.67. The molecular weight excluding hydrogens is 272 g/mol. The number of rotatable bonds is 2. The molecule has 0 radical (unpaired) electrons. The van der Waals surface area contributed by atoms with E-state index < -0.39 is 0 Å². The van der Waals surface area contributed by atoms with Gasteiger partial charge in [0, 0.05) is 11.1 Å². The molecule has 2 N–H and O–H groups in total. The standard InChI is InChI=1S/C20H18O2/c1-13-11-12-16(15-7-3-5-9-18(15)21)20(14(13)2)17-8-4-6-10-19(17)22/h3-12,21-22H,1-2H3. The van der Waals surface area contributed by atoms with Crippen molar-refractivity contribution in [1.29, 1.82) is 0 Å². The molecule has 0 saturated carbocycles. The summed E-state index contributed by atoms with van der Waals surface area (Å²) < 4.78 is 0. The first kappa shape index (κ1) is 14.2. The van der Waals surface area contributed by atoms with Gasteiger partial charge in [-0.1, -0.05) is 48.5 Å². The fourth-order valence-electron chi connectivity index (χ4n) is 2.77. The van der Waals surface area contributed by atoms with Gasteiger partial charge in [0.25, 0.3) is 0 Å². The van der Waals surface area contributed by atoms with E-state index >= 15 is 0 Å². The number of phenols is 2. The predicted octanol–water partition coefficient (Wildman–Crippen LogP) is 5.05. The Balaban J connectivity index is 2.36. The van der Waals surface area contributed by atoms with Crippen molar-refractivity contribution < 1.29 is 10.2 Å². The van der Waals surface area contributed by atoms with Crippen LogP contribution in [-0.4, -0.2) is 10.2 Å². The molecule has 0 aliphatic rings. The van der Waals surface area contributed by atoms with Crippen molar-refractivity contribution >= 4 is 0 Å². The summed E-state index contributed by atoms with van der Waals surface area (Å²) in [7, 11) is 0. The number of para-hydroxylation sites is 2. The van der Waals surface area contributed by atoms with Crippen LogP contribution in [0.1, 0.15) is 11.1 Å². The number of aryl methyl sites for hydroxylation is 1. The van der Waals surface area contributed by atoms with E-state index in [1.165, 1.54) is 0 Å². The van der Waals surface area contributed by atoms with E-state index in [9.17, 15) is 10.2 Å². The molecule has 110 valence electrons. The number of hydrogen-bond donors (Lipinski definition) is 2. The van der Waals surface area contributed by atoms with Crippen LogP contribution in [0.4, 0.5) is 0 Å². The van der Waals surface area contributed by atoms with Crippen molar-refractivity contribution in [3.63, 3.8) is 0 Å². The zero-order chi connectivity index (χ0) is 15.7. The van der Waals surface area contributed by atoms with E-state index in [2.05, 4.69) is 0 Å². The maximum atomic E-state index is 10.3. The van der Waals surface area contributed by atoms with Crippen LogP contribution in [0.25, 0.3) is 22.3 Å². The molecule has 3 rings (SSSR count). The van der Waals surface area contributed by atoms with Gasteiger partial charge < -0.3 is 10.2 Å². The lowest BCUT2D eigenvalue weighted by Crippen LogP contribution is -1.93. The molecule has 0 aliphatic carbocycles. The zero-order valence-corrected chi connectivity index (χ0v) is 12.7. The third-order valence-corrected chi connectivity index (χ3v) is 4.10. The minimum Gasteiger partial charge on any atom is -0.507 e. The minimum atomic E-state index is 0.238. The third-order valence-electron chi connectivity index (χ3n) is 4.10. The van der Waals surface area contributed by atoms with Crippen LogP contribution in [0, 0.1) is 13.8 Å². The lowest BCUT2D eigenvalue weighted by molar-refractivity contribution is 0.476. The molecule has 0 aromatic heterocycles. The second-order valence-electron chi connectivity index (χ2n) is 5.46. The molecule has 0 spiro atoms. The maximum Gasteiger partial charge on any atom is 0.123 e. The summed E-state index contributed by atoms with van der Waals surface area (Å²) in [6.45, 7) is 4.09. The summed E-state index contributed by atoms with van der Waals surface area (Å²) in [4.78, 5) is 0. The van der Waals surface area contributed by atoms with Crippen LogP contribution < -0.4 is 0 Å². The smallest absolute Gasteiger partial charge is 0.123 e. The summed E-state index contributed by atoms with van der Waals surface area (Å²) in [5.74, 6) is 0.482. The van der Waals surface area contributed by atoms with Gasteiger partial charge in [-0.05, 0) is 48.2 Å². The highest BCUT2D eigenvalue weighted by molar-refractivity contribution is 5.90. The van der Waals surface area contributed by atoms with Gasteiger partial charge >= 0.3 is 0 Å². The van der Waals surface area contributed by atoms with Gasteiger partial charge in [-0.3, -0.25) is 0 Å². The van der Waals surface area contributed by atoms with Gasteiger partial charge in [-0.15, -0.1) is 0 Å². The molecule has 0 aliphatic heterocycles. The second kappa shape index (κ2) is 5.57. The molecule has 22 heavy (non-hydrogen) atoms. The Morgan fingerprint density at radius 3 is 1.73 bits per heavy atom. The Hall–Kier alpha value is -2.74. The molecule has 2 nitrogen and oxygen atoms in total. The van der Waals surface area contributed by atoms with E-state index in [4.69, 9.17) is 0 Å². The molecule has 0 unspecified atom stereocenters. The summed E-state index contributed by atoms with van der Waals surface area (Å²) in [5, 5.41) is 20.5. The fraction of sp³-hybridized carbons (Fsp3) is 0.100. The van der Waals surface area contributed by atoms with Crippen molar-refractivity contribution in [1.82, 2.24) is 0 Å². The van der Waals surface area contributed by atoms with E-state index in [1.54, 1.807) is 18.2 Å². The van der Waals surface area contributed by atoms with Crippen LogP contribution in [0.15, 0.2) is 60.7 Å². The van der Waals surface area contributed by atoms with Crippen LogP contribution >= 0.6 is 0 Å². The lowest BCUT2D eigenvalue weighted by atomic mass is 9.88. The van der Waals surface area contributed by atoms with Crippen molar-refractivity contribution in [2.24, 2.45) is 0 Å². The molecule has 3 aromatic carbocycles. The highest BCUT2D eigenvalue weighted by Crippen LogP contribution is 2.42. The van der Waals surface area contributed by atoms with E-state index in [0.29, 0.717) is 0 Å². The number of benzene rings is 3. The van der Waals surface area contributed by atoms with E-state index in [1.807, 2.05) is 56.3 Å². The highest BCUT2D eigenvalue weighted by Gasteiger charge is 2.16. The van der Waals surface area contributed by atoms with Crippen LogP contribution in [0.5, 0.6) is 11.5 Å². The van der Waals surface area contributed by atoms with E-state index in [0.717, 1.165) is 33.4 Å². The lowest BCUT2D eigenvalue weighted by Gasteiger charge is -2.17. The molecular formula is C20H18O2. The summed E-state index contributed by atoms with van der Waals surface area (Å²) in [6.07, 6.45) is 0. The molecule has 0 heterocycles. The topological polar surface area (TPSA) is 40.5 Å². The Labute approximate surface area is 130 Å². The zero-order valence-electron chi connectivity index (χ0n) is 12.7. The molecule has 0 bridgehead atoms. The van der Waals surface area contributed by atoms with E-state index in [-0.39, 0.29) is 11.5 Å². The number of phenolic OH excluding ortho intramolecular Hbond substituents is 2. The highest BCUT2D eigenvalue weighted by atomic mass is 16.3. The van der Waals surface area contributed by atoms with Crippen LogP contribution in [0.2, 0.25) is 0 Å². The van der Waals surface area contributed by atoms with Crippen molar-refractivity contribution in [2.75, 3.05) is 0 Å². The SMILES string of the molecule is Cc1ccc(-c2ccccc2O)c(-c2ccccc2O)c1C. The fourth-order valence-corrected chi connectivity index (χ4v) is 2.77. The number of aromatic hydroxyl groups is 2. The predicted molar refractivity (Wildman–Crippen MR) is 90.1 cm³/mol. The molecule has 0 atom stereocenters.